The Hall–Kier alpha value is -1.28. The van der Waals surface area contributed by atoms with Crippen molar-refractivity contribution in [3.8, 4) is 0 Å². The van der Waals surface area contributed by atoms with E-state index in [-0.39, 0.29) is 25.7 Å². The average Bonchev–Trinajstić information content (AvgIpc) is 2.91. The summed E-state index contributed by atoms with van der Waals surface area (Å²) >= 11 is 0. The Balaban J connectivity index is 4.51. The Morgan fingerprint density at radius 3 is 1.97 bits per heavy atom. The van der Waals surface area contributed by atoms with Crippen molar-refractivity contribution >= 4 is 13.7 Å². The van der Waals surface area contributed by atoms with Gasteiger partial charge in [-0.3, -0.25) is 13.8 Å². The zero-order valence-corrected chi connectivity index (χ0v) is 25.5. The molecule has 0 aliphatic heterocycles. The second-order valence-corrected chi connectivity index (χ2v) is 11.4. The number of nitrogens with two attached hydrogens (primary N) is 1. The predicted octanol–water partition coefficient (Wildman–Crippen LogP) is 6.87. The van der Waals surface area contributed by atoms with E-state index in [0.717, 1.165) is 44.9 Å². The van der Waals surface area contributed by atoms with Crippen LogP contribution in [0.2, 0.25) is 0 Å². The van der Waals surface area contributed by atoms with Crippen LogP contribution in [0.15, 0.2) is 36.5 Å². The highest BCUT2D eigenvalue weighted by Crippen LogP contribution is 2.43. The number of hydrogen-bond donors (Lipinski definition) is 4. The number of aliphatic hydroxyl groups is 1. The highest BCUT2D eigenvalue weighted by atomic mass is 31.2. The molecule has 228 valence electrons. The Morgan fingerprint density at radius 1 is 0.872 bits per heavy atom. The number of amides is 1. The molecule has 39 heavy (non-hydrogen) atoms. The Morgan fingerprint density at radius 2 is 1.41 bits per heavy atom. The molecular formula is C30H57N2O6P. The molecule has 8 nitrogen and oxygen atoms in total. The van der Waals surface area contributed by atoms with Crippen LogP contribution in [0.4, 0.5) is 0 Å². The maximum absolute atomic E-state index is 12.5. The first-order chi connectivity index (χ1) is 18.9. The van der Waals surface area contributed by atoms with Crippen LogP contribution in [0.1, 0.15) is 117 Å². The number of carbonyl (C=O) groups is 1. The van der Waals surface area contributed by atoms with Crippen molar-refractivity contribution in [1.29, 1.82) is 0 Å². The summed E-state index contributed by atoms with van der Waals surface area (Å²) < 4.78 is 21.8. The third-order valence-electron chi connectivity index (χ3n) is 6.29. The number of rotatable bonds is 27. The molecule has 3 atom stereocenters. The molecule has 0 spiro atoms. The molecule has 1 amide bonds. The average molecular weight is 573 g/mol. The summed E-state index contributed by atoms with van der Waals surface area (Å²) in [4.78, 5) is 22.4. The topological polar surface area (TPSA) is 131 Å². The second kappa shape index (κ2) is 26.9. The molecule has 0 aromatic rings. The molecule has 0 aromatic heterocycles. The van der Waals surface area contributed by atoms with E-state index in [0.29, 0.717) is 6.42 Å². The maximum atomic E-state index is 12.5. The van der Waals surface area contributed by atoms with Crippen molar-refractivity contribution < 1.29 is 28.4 Å². The minimum Gasteiger partial charge on any atom is -0.387 e. The lowest BCUT2D eigenvalue weighted by Crippen LogP contribution is -2.45. The summed E-state index contributed by atoms with van der Waals surface area (Å²) in [6.07, 6.45) is 27.8. The van der Waals surface area contributed by atoms with Gasteiger partial charge in [-0.1, -0.05) is 108 Å². The first-order valence-electron chi connectivity index (χ1n) is 15.1. The van der Waals surface area contributed by atoms with Crippen LogP contribution >= 0.6 is 7.82 Å². The minimum absolute atomic E-state index is 0.0716. The van der Waals surface area contributed by atoms with E-state index in [2.05, 4.69) is 30.5 Å². The standard InChI is InChI=1S/C30H57N2O6P/c1-3-5-7-9-11-13-14-16-18-20-22-24-30(34)32-28(27-38-39(35,36)37-26-25-31)29(33)23-21-19-17-15-12-10-8-6-4-2/h4,6,12,15,21,23,28-29,33H,3,5,7-11,13-14,16-20,22,24-27,31H2,1-2H3,(H,32,34)(H,35,36)/b6-4+,15-12+,23-21+. The van der Waals surface area contributed by atoms with E-state index < -0.39 is 20.0 Å². The lowest BCUT2D eigenvalue weighted by Gasteiger charge is -2.23. The van der Waals surface area contributed by atoms with Gasteiger partial charge in [0, 0.05) is 13.0 Å². The summed E-state index contributed by atoms with van der Waals surface area (Å²) in [5.41, 5.74) is 5.31. The van der Waals surface area contributed by atoms with E-state index in [1.54, 1.807) is 6.08 Å². The number of carbonyl (C=O) groups excluding carboxylic acids is 1. The largest absolute Gasteiger partial charge is 0.472 e. The van der Waals surface area contributed by atoms with Crippen LogP contribution in [0.25, 0.3) is 0 Å². The predicted molar refractivity (Wildman–Crippen MR) is 161 cm³/mol. The zero-order chi connectivity index (χ0) is 29.0. The quantitative estimate of drug-likeness (QED) is 0.0480. The maximum Gasteiger partial charge on any atom is 0.472 e. The molecule has 0 aliphatic rings. The monoisotopic (exact) mass is 572 g/mol. The fourth-order valence-electron chi connectivity index (χ4n) is 3.99. The summed E-state index contributed by atoms with van der Waals surface area (Å²) in [5, 5.41) is 13.4. The van der Waals surface area contributed by atoms with Crippen LogP contribution in [0.5, 0.6) is 0 Å². The normalized spacial score (nSPS) is 15.3. The van der Waals surface area contributed by atoms with E-state index in [1.807, 2.05) is 19.1 Å². The fourth-order valence-corrected chi connectivity index (χ4v) is 4.75. The molecule has 0 bridgehead atoms. The Labute approximate surface area is 238 Å². The van der Waals surface area contributed by atoms with Crippen molar-refractivity contribution in [1.82, 2.24) is 5.32 Å². The third-order valence-corrected chi connectivity index (χ3v) is 7.28. The summed E-state index contributed by atoms with van der Waals surface area (Å²) in [5.74, 6) is -0.216. The number of unbranched alkanes of at least 4 members (excludes halogenated alkanes) is 12. The van der Waals surface area contributed by atoms with Crippen molar-refractivity contribution in [3.05, 3.63) is 36.5 Å². The Kier molecular flexibility index (Phi) is 26.0. The molecular weight excluding hydrogens is 515 g/mol. The highest BCUT2D eigenvalue weighted by Gasteiger charge is 2.26. The SMILES string of the molecule is C/C=C/CC/C=C/CC/C=C/C(O)C(COP(=O)(O)OCCN)NC(=O)CCCCCCCCCCCCC. The van der Waals surface area contributed by atoms with Crippen molar-refractivity contribution in [3.63, 3.8) is 0 Å². The van der Waals surface area contributed by atoms with Crippen LogP contribution in [0, 0.1) is 0 Å². The van der Waals surface area contributed by atoms with Gasteiger partial charge < -0.3 is 21.1 Å². The molecule has 0 rings (SSSR count). The first kappa shape index (κ1) is 37.7. The van der Waals surface area contributed by atoms with Crippen LogP contribution in [-0.2, 0) is 18.4 Å². The van der Waals surface area contributed by atoms with Gasteiger partial charge in [-0.25, -0.2) is 4.57 Å². The molecule has 3 unspecified atom stereocenters. The Bertz CT molecular complexity index is 714. The molecule has 0 aliphatic carbocycles. The van der Waals surface area contributed by atoms with E-state index in [4.69, 9.17) is 14.8 Å². The summed E-state index contributed by atoms with van der Waals surface area (Å²) in [6.45, 7) is 3.82. The zero-order valence-electron chi connectivity index (χ0n) is 24.6. The lowest BCUT2D eigenvalue weighted by molar-refractivity contribution is -0.123. The molecule has 9 heteroatoms. The van der Waals surface area contributed by atoms with Crippen molar-refractivity contribution in [2.45, 2.75) is 129 Å². The van der Waals surface area contributed by atoms with Gasteiger partial charge in [-0.2, -0.15) is 0 Å². The number of hydrogen-bond acceptors (Lipinski definition) is 6. The summed E-state index contributed by atoms with van der Waals surface area (Å²) in [6, 6.07) is -0.875. The van der Waals surface area contributed by atoms with E-state index >= 15 is 0 Å². The van der Waals surface area contributed by atoms with Gasteiger partial charge in [0.15, 0.2) is 0 Å². The lowest BCUT2D eigenvalue weighted by atomic mass is 10.0. The van der Waals surface area contributed by atoms with E-state index in [1.165, 1.54) is 51.4 Å². The smallest absolute Gasteiger partial charge is 0.387 e. The highest BCUT2D eigenvalue weighted by molar-refractivity contribution is 7.47. The van der Waals surface area contributed by atoms with Gasteiger partial charge in [0.25, 0.3) is 0 Å². The van der Waals surface area contributed by atoms with Crippen molar-refractivity contribution in [2.24, 2.45) is 5.73 Å². The molecule has 0 fully saturated rings. The van der Waals surface area contributed by atoms with Gasteiger partial charge in [-0.05, 0) is 39.0 Å². The third kappa shape index (κ3) is 25.4. The first-order valence-corrected chi connectivity index (χ1v) is 16.6. The number of allylic oxidation sites excluding steroid dienone is 5. The minimum atomic E-state index is -4.33. The molecule has 0 radical (unpaired) electrons. The van der Waals surface area contributed by atoms with Gasteiger partial charge in [0.2, 0.25) is 5.91 Å². The fraction of sp³-hybridized carbons (Fsp3) is 0.767. The number of phosphoric acid groups is 1. The van der Waals surface area contributed by atoms with Crippen LogP contribution in [-0.4, -0.2) is 47.8 Å². The van der Waals surface area contributed by atoms with Gasteiger partial charge in [-0.15, -0.1) is 0 Å². The van der Waals surface area contributed by atoms with Gasteiger partial charge in [0.05, 0.1) is 25.4 Å². The van der Waals surface area contributed by atoms with Gasteiger partial charge >= 0.3 is 7.82 Å². The number of phosphoric ester groups is 1. The van der Waals surface area contributed by atoms with Crippen molar-refractivity contribution in [2.75, 3.05) is 19.8 Å². The number of aliphatic hydroxyl groups excluding tert-OH is 1. The molecule has 0 saturated carbocycles. The van der Waals surface area contributed by atoms with E-state index in [9.17, 15) is 19.4 Å². The van der Waals surface area contributed by atoms with Gasteiger partial charge in [0.1, 0.15) is 0 Å². The molecule has 0 heterocycles. The molecule has 0 saturated heterocycles. The van der Waals surface area contributed by atoms with Crippen LogP contribution in [0.3, 0.4) is 0 Å². The molecule has 0 aromatic carbocycles. The molecule has 5 N–H and O–H groups in total. The van der Waals surface area contributed by atoms with Crippen LogP contribution < -0.4 is 11.1 Å². The number of nitrogens with one attached hydrogen (secondary N) is 1. The second-order valence-electron chi connectivity index (χ2n) is 9.96. The summed E-state index contributed by atoms with van der Waals surface area (Å²) in [7, 11) is -4.33.